The van der Waals surface area contributed by atoms with Crippen LogP contribution in [0.15, 0.2) is 12.2 Å². The molecule has 0 aromatic carbocycles. The number of carbonyl (C=O) groups is 2. The molecule has 19 heavy (non-hydrogen) atoms. The highest BCUT2D eigenvalue weighted by Crippen LogP contribution is 2.39. The third-order valence-corrected chi connectivity index (χ3v) is 3.32. The first-order valence-electron chi connectivity index (χ1n) is 6.41. The van der Waals surface area contributed by atoms with Crippen LogP contribution in [-0.2, 0) is 9.53 Å². The average Bonchev–Trinajstić information content (AvgIpc) is 2.54. The van der Waals surface area contributed by atoms with Gasteiger partial charge in [0.1, 0.15) is 11.1 Å². The molecule has 1 N–H and O–H groups in total. The number of hydrogen-bond donors (Lipinski definition) is 1. The molecule has 5 heteroatoms. The number of hydrogen-bond acceptors (Lipinski definition) is 3. The number of nitrogens with zero attached hydrogens (tertiary/aromatic N) is 1. The van der Waals surface area contributed by atoms with Crippen molar-refractivity contribution in [2.24, 2.45) is 5.92 Å². The Morgan fingerprint density at radius 3 is 2.32 bits per heavy atom. The number of rotatable bonds is 2. The van der Waals surface area contributed by atoms with Gasteiger partial charge in [-0.3, -0.25) is 4.90 Å². The normalized spacial score (nSPS) is 23.9. The molecule has 108 valence electrons. The predicted octanol–water partition coefficient (Wildman–Crippen LogP) is 2.66. The molecular formula is C14H23NO4. The summed E-state index contributed by atoms with van der Waals surface area (Å²) < 4.78 is 5.31. The van der Waals surface area contributed by atoms with Crippen molar-refractivity contribution in [3.8, 4) is 0 Å². The molecule has 0 aliphatic carbocycles. The summed E-state index contributed by atoms with van der Waals surface area (Å²) in [7, 11) is 0. The van der Waals surface area contributed by atoms with Gasteiger partial charge in [-0.15, -0.1) is 0 Å². The van der Waals surface area contributed by atoms with E-state index in [2.05, 4.69) is 6.58 Å². The Hall–Kier alpha value is -1.52. The van der Waals surface area contributed by atoms with E-state index in [1.54, 1.807) is 34.6 Å². The first-order chi connectivity index (χ1) is 8.50. The largest absolute Gasteiger partial charge is 0.479 e. The number of carboxylic acids is 1. The number of carbonyl (C=O) groups excluding carboxylic acids is 1. The molecule has 1 aliphatic heterocycles. The first-order valence-corrected chi connectivity index (χ1v) is 6.41. The van der Waals surface area contributed by atoms with Gasteiger partial charge in [0.05, 0.1) is 0 Å². The fourth-order valence-electron chi connectivity index (χ4n) is 2.40. The quantitative estimate of drug-likeness (QED) is 0.783. The second kappa shape index (κ2) is 4.87. The molecule has 1 fully saturated rings. The van der Waals surface area contributed by atoms with E-state index in [1.165, 1.54) is 4.90 Å². The van der Waals surface area contributed by atoms with Crippen molar-refractivity contribution < 1.29 is 19.4 Å². The fraction of sp³-hybridized carbons (Fsp3) is 0.714. The van der Waals surface area contributed by atoms with E-state index in [1.807, 2.05) is 0 Å². The highest BCUT2D eigenvalue weighted by Gasteiger charge is 2.54. The van der Waals surface area contributed by atoms with Gasteiger partial charge in [0.15, 0.2) is 0 Å². The second-order valence-corrected chi connectivity index (χ2v) is 6.38. The number of ether oxygens (including phenoxy) is 1. The minimum atomic E-state index is -1.25. The molecule has 1 unspecified atom stereocenters. The summed E-state index contributed by atoms with van der Waals surface area (Å²) in [6, 6.07) is 0. The molecule has 1 atom stereocenters. The zero-order chi connectivity index (χ0) is 15.0. The van der Waals surface area contributed by atoms with E-state index in [9.17, 15) is 14.7 Å². The van der Waals surface area contributed by atoms with Crippen molar-refractivity contribution >= 4 is 12.1 Å². The van der Waals surface area contributed by atoms with Crippen LogP contribution in [0.5, 0.6) is 0 Å². The van der Waals surface area contributed by atoms with Crippen LogP contribution in [0.3, 0.4) is 0 Å². The maximum atomic E-state index is 12.2. The molecule has 1 amide bonds. The Kier molecular flexibility index (Phi) is 3.98. The van der Waals surface area contributed by atoms with E-state index in [0.29, 0.717) is 0 Å². The van der Waals surface area contributed by atoms with Crippen molar-refractivity contribution in [3.05, 3.63) is 12.2 Å². The van der Waals surface area contributed by atoms with Crippen molar-refractivity contribution in [1.82, 2.24) is 4.90 Å². The van der Waals surface area contributed by atoms with Crippen LogP contribution in [0.2, 0.25) is 0 Å². The summed E-state index contributed by atoms with van der Waals surface area (Å²) in [4.78, 5) is 25.2. The molecule has 0 radical (unpaired) electrons. The van der Waals surface area contributed by atoms with Gasteiger partial charge in [-0.1, -0.05) is 26.0 Å². The topological polar surface area (TPSA) is 66.8 Å². The van der Waals surface area contributed by atoms with E-state index in [0.717, 1.165) is 5.57 Å². The van der Waals surface area contributed by atoms with Crippen molar-refractivity contribution in [2.45, 2.75) is 52.2 Å². The summed E-state index contributed by atoms with van der Waals surface area (Å²) in [6.45, 7) is 12.9. The van der Waals surface area contributed by atoms with Gasteiger partial charge >= 0.3 is 12.1 Å². The maximum Gasteiger partial charge on any atom is 0.411 e. The summed E-state index contributed by atoms with van der Waals surface area (Å²) >= 11 is 0. The summed E-state index contributed by atoms with van der Waals surface area (Å²) in [6.07, 6.45) is -0.318. The lowest BCUT2D eigenvalue weighted by Crippen LogP contribution is -2.57. The second-order valence-electron chi connectivity index (χ2n) is 6.38. The number of carboxylic acid groups (broad SMARTS) is 1. The van der Waals surface area contributed by atoms with Crippen LogP contribution in [0.1, 0.15) is 41.0 Å². The van der Waals surface area contributed by atoms with Gasteiger partial charge in [-0.05, 0) is 26.7 Å². The van der Waals surface area contributed by atoms with Gasteiger partial charge < -0.3 is 9.84 Å². The lowest BCUT2D eigenvalue weighted by molar-refractivity contribution is -0.152. The van der Waals surface area contributed by atoms with E-state index >= 15 is 0 Å². The average molecular weight is 269 g/mol. The molecule has 1 rings (SSSR count). The third kappa shape index (κ3) is 2.91. The standard InChI is InChI=1S/C14H23NO4/c1-9(2)14(11(16)17)7-10(3)8-15(14)12(18)19-13(4,5)6/h9H,3,7-8H2,1-2,4-6H3,(H,16,17). The highest BCUT2D eigenvalue weighted by atomic mass is 16.6. The first kappa shape index (κ1) is 15.5. The molecule has 1 aliphatic rings. The molecule has 0 bridgehead atoms. The predicted molar refractivity (Wildman–Crippen MR) is 71.9 cm³/mol. The molecule has 0 spiro atoms. The van der Waals surface area contributed by atoms with Crippen molar-refractivity contribution in [2.75, 3.05) is 6.54 Å². The van der Waals surface area contributed by atoms with E-state index in [-0.39, 0.29) is 18.9 Å². The Morgan fingerprint density at radius 2 is 1.95 bits per heavy atom. The van der Waals surface area contributed by atoms with Crippen LogP contribution in [0, 0.1) is 5.92 Å². The van der Waals surface area contributed by atoms with Crippen LogP contribution >= 0.6 is 0 Å². The molecule has 1 saturated heterocycles. The van der Waals surface area contributed by atoms with Gasteiger partial charge in [0, 0.05) is 13.0 Å². The van der Waals surface area contributed by atoms with E-state index < -0.39 is 23.2 Å². The maximum absolute atomic E-state index is 12.2. The molecular weight excluding hydrogens is 246 g/mol. The van der Waals surface area contributed by atoms with Crippen molar-refractivity contribution in [1.29, 1.82) is 0 Å². The monoisotopic (exact) mass is 269 g/mol. The van der Waals surface area contributed by atoms with Crippen molar-refractivity contribution in [3.63, 3.8) is 0 Å². The Labute approximate surface area is 114 Å². The minimum absolute atomic E-state index is 0.225. The Balaban J connectivity index is 3.12. The Morgan fingerprint density at radius 1 is 1.42 bits per heavy atom. The van der Waals surface area contributed by atoms with E-state index in [4.69, 9.17) is 4.74 Å². The Bertz CT molecular complexity index is 408. The number of likely N-dealkylation sites (tertiary alicyclic amines) is 1. The SMILES string of the molecule is C=C1CN(C(=O)OC(C)(C)C)C(C(=O)O)(C(C)C)C1. The summed E-state index contributed by atoms with van der Waals surface area (Å²) in [5.41, 5.74) is -1.16. The van der Waals surface area contributed by atoms with Gasteiger partial charge in [-0.2, -0.15) is 0 Å². The zero-order valence-corrected chi connectivity index (χ0v) is 12.3. The van der Waals surface area contributed by atoms with Crippen LogP contribution < -0.4 is 0 Å². The smallest absolute Gasteiger partial charge is 0.411 e. The summed E-state index contributed by atoms with van der Waals surface area (Å²) in [5.74, 6) is -1.23. The minimum Gasteiger partial charge on any atom is -0.479 e. The molecule has 0 aromatic heterocycles. The molecule has 1 heterocycles. The van der Waals surface area contributed by atoms with Gasteiger partial charge in [0.2, 0.25) is 0 Å². The number of aliphatic carboxylic acids is 1. The lowest BCUT2D eigenvalue weighted by atomic mass is 9.83. The van der Waals surface area contributed by atoms with Gasteiger partial charge in [0.25, 0.3) is 0 Å². The van der Waals surface area contributed by atoms with Crippen LogP contribution in [-0.4, -0.2) is 39.8 Å². The third-order valence-electron chi connectivity index (χ3n) is 3.32. The van der Waals surface area contributed by atoms with Crippen LogP contribution in [0.4, 0.5) is 4.79 Å². The number of amides is 1. The summed E-state index contributed by atoms with van der Waals surface area (Å²) in [5, 5.41) is 9.58. The van der Waals surface area contributed by atoms with Crippen LogP contribution in [0.25, 0.3) is 0 Å². The molecule has 5 nitrogen and oxygen atoms in total. The fourth-order valence-corrected chi connectivity index (χ4v) is 2.40. The molecule has 0 aromatic rings. The molecule has 0 saturated carbocycles. The lowest BCUT2D eigenvalue weighted by Gasteiger charge is -2.38. The highest BCUT2D eigenvalue weighted by molar-refractivity contribution is 5.86. The zero-order valence-electron chi connectivity index (χ0n) is 12.3. The van der Waals surface area contributed by atoms with Gasteiger partial charge in [-0.25, -0.2) is 9.59 Å².